The monoisotopic (exact) mass is 196 g/mol. The minimum Gasteiger partial charge on any atom is -0.351 e. The topological polar surface area (TPSA) is 41.1 Å². The van der Waals surface area contributed by atoms with E-state index in [-0.39, 0.29) is 11.5 Å². The summed E-state index contributed by atoms with van der Waals surface area (Å²) >= 11 is 0. The molecule has 1 aromatic rings. The largest absolute Gasteiger partial charge is 0.351 e. The zero-order valence-electron chi connectivity index (χ0n) is 8.01. The normalized spacial score (nSPS) is 9.86. The van der Waals surface area contributed by atoms with Crippen LogP contribution in [0.5, 0.6) is 0 Å². The number of nitrogens with one attached hydrogen (secondary N) is 2. The number of carbonyl (C=O) groups excluding carboxylic acids is 1. The van der Waals surface area contributed by atoms with Gasteiger partial charge in [0.25, 0.3) is 5.91 Å². The van der Waals surface area contributed by atoms with Gasteiger partial charge in [0.2, 0.25) is 0 Å². The molecule has 3 nitrogen and oxygen atoms in total. The highest BCUT2D eigenvalue weighted by atomic mass is 19.1. The molecule has 0 atom stereocenters. The van der Waals surface area contributed by atoms with Crippen LogP contribution in [0.4, 0.5) is 4.39 Å². The van der Waals surface area contributed by atoms with E-state index in [0.29, 0.717) is 13.1 Å². The van der Waals surface area contributed by atoms with Gasteiger partial charge < -0.3 is 10.6 Å². The molecule has 14 heavy (non-hydrogen) atoms. The molecule has 2 N–H and O–H groups in total. The third kappa shape index (κ3) is 2.81. The summed E-state index contributed by atoms with van der Waals surface area (Å²) in [5.41, 5.74) is 0.0867. The molecule has 0 fully saturated rings. The summed E-state index contributed by atoms with van der Waals surface area (Å²) in [5.74, 6) is -0.868. The molecule has 76 valence electrons. The Kier molecular flexibility index (Phi) is 4.07. The first-order valence-corrected chi connectivity index (χ1v) is 4.43. The minimum atomic E-state index is -0.491. The fourth-order valence-corrected chi connectivity index (χ4v) is 1.04. The zero-order valence-corrected chi connectivity index (χ0v) is 8.01. The van der Waals surface area contributed by atoms with E-state index in [1.807, 2.05) is 0 Å². The van der Waals surface area contributed by atoms with E-state index < -0.39 is 5.82 Å². The smallest absolute Gasteiger partial charge is 0.254 e. The van der Waals surface area contributed by atoms with E-state index in [9.17, 15) is 9.18 Å². The molecule has 0 saturated heterocycles. The Morgan fingerprint density at radius 1 is 1.36 bits per heavy atom. The van der Waals surface area contributed by atoms with E-state index in [1.165, 1.54) is 12.1 Å². The van der Waals surface area contributed by atoms with Gasteiger partial charge >= 0.3 is 0 Å². The van der Waals surface area contributed by atoms with Crippen molar-refractivity contribution in [1.29, 1.82) is 0 Å². The van der Waals surface area contributed by atoms with Crippen LogP contribution in [0.25, 0.3) is 0 Å². The first kappa shape index (κ1) is 10.7. The second kappa shape index (κ2) is 5.34. The zero-order chi connectivity index (χ0) is 10.4. The van der Waals surface area contributed by atoms with Crippen LogP contribution in [0, 0.1) is 5.82 Å². The second-order valence-electron chi connectivity index (χ2n) is 2.84. The Balaban J connectivity index is 2.56. The van der Waals surface area contributed by atoms with E-state index in [2.05, 4.69) is 10.6 Å². The molecule has 0 radical (unpaired) electrons. The highest BCUT2D eigenvalue weighted by molar-refractivity contribution is 5.94. The van der Waals surface area contributed by atoms with Crippen molar-refractivity contribution in [2.45, 2.75) is 0 Å². The molecule has 1 aromatic carbocycles. The van der Waals surface area contributed by atoms with Crippen molar-refractivity contribution in [2.24, 2.45) is 0 Å². The molecular weight excluding hydrogens is 183 g/mol. The predicted molar refractivity (Wildman–Crippen MR) is 52.7 cm³/mol. The Bertz CT molecular complexity index is 315. The molecule has 0 aromatic heterocycles. The summed E-state index contributed by atoms with van der Waals surface area (Å²) in [6.07, 6.45) is 0. The standard InChI is InChI=1S/C10H13FN2O/c1-12-6-7-13-10(14)8-4-2-3-5-9(8)11/h2-5,12H,6-7H2,1H3,(H,13,14). The first-order chi connectivity index (χ1) is 6.75. The van der Waals surface area contributed by atoms with Crippen LogP contribution < -0.4 is 10.6 Å². The van der Waals surface area contributed by atoms with Crippen LogP contribution in [0.1, 0.15) is 10.4 Å². The quantitative estimate of drug-likeness (QED) is 0.698. The van der Waals surface area contributed by atoms with Gasteiger partial charge in [0.1, 0.15) is 5.82 Å². The molecule has 0 saturated carbocycles. The molecule has 1 rings (SSSR count). The minimum absolute atomic E-state index is 0.0867. The summed E-state index contributed by atoms with van der Waals surface area (Å²) < 4.78 is 13.1. The van der Waals surface area contributed by atoms with Crippen molar-refractivity contribution >= 4 is 5.91 Å². The Hall–Kier alpha value is -1.42. The summed E-state index contributed by atoms with van der Waals surface area (Å²) in [6.45, 7) is 1.16. The molecule has 0 bridgehead atoms. The summed E-state index contributed by atoms with van der Waals surface area (Å²) in [7, 11) is 1.79. The SMILES string of the molecule is CNCCNC(=O)c1ccccc1F. The molecule has 0 spiro atoms. The predicted octanol–water partition coefficient (Wildman–Crippen LogP) is 0.775. The summed E-state index contributed by atoms with van der Waals surface area (Å²) in [5, 5.41) is 5.48. The Labute approximate surface area is 82.3 Å². The molecule has 0 aliphatic carbocycles. The van der Waals surface area contributed by atoms with E-state index in [1.54, 1.807) is 19.2 Å². The molecule has 4 heteroatoms. The van der Waals surface area contributed by atoms with E-state index >= 15 is 0 Å². The maximum atomic E-state index is 13.1. The number of halogens is 1. The number of rotatable bonds is 4. The lowest BCUT2D eigenvalue weighted by molar-refractivity contribution is 0.0950. The van der Waals surface area contributed by atoms with Gasteiger partial charge in [-0.05, 0) is 19.2 Å². The van der Waals surface area contributed by atoms with Gasteiger partial charge in [-0.1, -0.05) is 12.1 Å². The van der Waals surface area contributed by atoms with Crippen LogP contribution in [0.3, 0.4) is 0 Å². The second-order valence-corrected chi connectivity index (χ2v) is 2.84. The molecule has 0 aliphatic rings. The fraction of sp³-hybridized carbons (Fsp3) is 0.300. The first-order valence-electron chi connectivity index (χ1n) is 4.43. The molecule has 0 unspecified atom stereocenters. The number of carbonyl (C=O) groups is 1. The summed E-state index contributed by atoms with van der Waals surface area (Å²) in [4.78, 5) is 11.4. The van der Waals surface area contributed by atoms with Crippen molar-refractivity contribution < 1.29 is 9.18 Å². The number of likely N-dealkylation sites (N-methyl/N-ethyl adjacent to an activating group) is 1. The average Bonchev–Trinajstić information content (AvgIpc) is 2.18. The molecule has 0 aliphatic heterocycles. The van der Waals surface area contributed by atoms with Crippen LogP contribution in [0.2, 0.25) is 0 Å². The highest BCUT2D eigenvalue weighted by Gasteiger charge is 2.08. The maximum Gasteiger partial charge on any atom is 0.254 e. The molecule has 0 heterocycles. The van der Waals surface area contributed by atoms with Crippen LogP contribution in [-0.2, 0) is 0 Å². The van der Waals surface area contributed by atoms with Gasteiger partial charge in [-0.3, -0.25) is 4.79 Å². The number of hydrogen-bond donors (Lipinski definition) is 2. The van der Waals surface area contributed by atoms with E-state index in [4.69, 9.17) is 0 Å². The van der Waals surface area contributed by atoms with Gasteiger partial charge in [-0.2, -0.15) is 0 Å². The van der Waals surface area contributed by atoms with Crippen molar-refractivity contribution in [3.63, 3.8) is 0 Å². The van der Waals surface area contributed by atoms with Crippen molar-refractivity contribution in [2.75, 3.05) is 20.1 Å². The van der Waals surface area contributed by atoms with Crippen LogP contribution >= 0.6 is 0 Å². The van der Waals surface area contributed by atoms with Gasteiger partial charge in [-0.25, -0.2) is 4.39 Å². The lowest BCUT2D eigenvalue weighted by atomic mass is 10.2. The van der Waals surface area contributed by atoms with Gasteiger partial charge in [-0.15, -0.1) is 0 Å². The molecule has 1 amide bonds. The van der Waals surface area contributed by atoms with Crippen LogP contribution in [-0.4, -0.2) is 26.0 Å². The third-order valence-corrected chi connectivity index (χ3v) is 1.78. The maximum absolute atomic E-state index is 13.1. The Morgan fingerprint density at radius 2 is 2.07 bits per heavy atom. The van der Waals surface area contributed by atoms with Gasteiger partial charge in [0, 0.05) is 13.1 Å². The molecular formula is C10H13FN2O. The van der Waals surface area contributed by atoms with Crippen LogP contribution in [0.15, 0.2) is 24.3 Å². The number of amides is 1. The Morgan fingerprint density at radius 3 is 2.71 bits per heavy atom. The lowest BCUT2D eigenvalue weighted by Crippen LogP contribution is -2.30. The number of benzene rings is 1. The highest BCUT2D eigenvalue weighted by Crippen LogP contribution is 2.05. The lowest BCUT2D eigenvalue weighted by Gasteiger charge is -2.04. The average molecular weight is 196 g/mol. The fourth-order valence-electron chi connectivity index (χ4n) is 1.04. The van der Waals surface area contributed by atoms with Gasteiger partial charge in [0.15, 0.2) is 0 Å². The van der Waals surface area contributed by atoms with Crippen molar-refractivity contribution in [3.05, 3.63) is 35.6 Å². The number of hydrogen-bond acceptors (Lipinski definition) is 2. The summed E-state index contributed by atoms with van der Waals surface area (Å²) in [6, 6.07) is 5.92. The third-order valence-electron chi connectivity index (χ3n) is 1.78. The van der Waals surface area contributed by atoms with E-state index in [0.717, 1.165) is 0 Å². The van der Waals surface area contributed by atoms with Crippen molar-refractivity contribution in [3.8, 4) is 0 Å². The van der Waals surface area contributed by atoms with Crippen molar-refractivity contribution in [1.82, 2.24) is 10.6 Å². The van der Waals surface area contributed by atoms with Gasteiger partial charge in [0.05, 0.1) is 5.56 Å².